The van der Waals surface area contributed by atoms with E-state index >= 15 is 0 Å². The maximum Gasteiger partial charge on any atom is 0.222 e. The van der Waals surface area contributed by atoms with Crippen molar-refractivity contribution >= 4 is 5.78 Å². The van der Waals surface area contributed by atoms with Gasteiger partial charge in [0.1, 0.15) is 0 Å². The highest BCUT2D eigenvalue weighted by molar-refractivity contribution is 5.99. The zero-order chi connectivity index (χ0) is 9.68. The lowest BCUT2D eigenvalue weighted by molar-refractivity contribution is -0.114. The first-order valence-corrected chi connectivity index (χ1v) is 4.04. The van der Waals surface area contributed by atoms with Crippen LogP contribution in [-0.2, 0) is 11.2 Å². The zero-order valence-electron chi connectivity index (χ0n) is 7.23. The quantitative estimate of drug-likeness (QED) is 0.541. The van der Waals surface area contributed by atoms with E-state index in [2.05, 4.69) is 0 Å². The fourth-order valence-electron chi connectivity index (χ4n) is 1.07. The largest absolute Gasteiger partial charge is 0.320 e. The van der Waals surface area contributed by atoms with E-state index in [9.17, 15) is 4.79 Å². The molecular weight excluding hydrogens is 162 g/mol. The number of rotatable bonds is 3. The monoisotopic (exact) mass is 173 g/mol. The van der Waals surface area contributed by atoms with E-state index in [1.54, 1.807) is 0 Å². The summed E-state index contributed by atoms with van der Waals surface area (Å²) < 4.78 is 0. The van der Waals surface area contributed by atoms with Crippen molar-refractivity contribution in [3.8, 4) is 12.3 Å². The van der Waals surface area contributed by atoms with Gasteiger partial charge >= 0.3 is 0 Å². The molecule has 66 valence electrons. The third-order valence-electron chi connectivity index (χ3n) is 1.78. The van der Waals surface area contributed by atoms with Crippen LogP contribution in [0, 0.1) is 12.3 Å². The molecule has 1 rings (SSSR count). The van der Waals surface area contributed by atoms with Crippen LogP contribution in [0.25, 0.3) is 0 Å². The second kappa shape index (κ2) is 4.44. The molecule has 0 aliphatic heterocycles. The summed E-state index contributed by atoms with van der Waals surface area (Å²) in [6.45, 7) is 0. The number of ketones is 1. The van der Waals surface area contributed by atoms with Gasteiger partial charge < -0.3 is 5.73 Å². The molecule has 2 nitrogen and oxygen atoms in total. The van der Waals surface area contributed by atoms with Crippen LogP contribution in [0.3, 0.4) is 0 Å². The van der Waals surface area contributed by atoms with Crippen LogP contribution in [0.4, 0.5) is 0 Å². The number of carbonyl (C=O) groups excluding carboxylic acids is 1. The van der Waals surface area contributed by atoms with Crippen LogP contribution in [0.15, 0.2) is 30.3 Å². The summed E-state index contributed by atoms with van der Waals surface area (Å²) in [5.74, 6) is 1.68. The van der Waals surface area contributed by atoms with Gasteiger partial charge in [0.25, 0.3) is 0 Å². The Balaban J connectivity index is 2.61. The molecule has 0 saturated heterocycles. The highest BCUT2D eigenvalue weighted by Crippen LogP contribution is 2.01. The fraction of sp³-hybridized carbons (Fsp3) is 0.182. The van der Waals surface area contributed by atoms with Gasteiger partial charge in [0.2, 0.25) is 5.78 Å². The minimum atomic E-state index is -0.576. The van der Waals surface area contributed by atoms with Crippen molar-refractivity contribution in [2.24, 2.45) is 5.73 Å². The highest BCUT2D eigenvalue weighted by atomic mass is 16.1. The molecule has 0 saturated carbocycles. The van der Waals surface area contributed by atoms with Crippen LogP contribution in [0.2, 0.25) is 0 Å². The molecule has 0 heterocycles. The molecule has 1 aromatic carbocycles. The predicted octanol–water partition coefficient (Wildman–Crippen LogP) is 0.759. The standard InChI is InChI=1S/C11H11NO/c1-2-11(13)10(12)8-9-6-4-3-5-7-9/h1,3-7,10H,8,12H2/t10-/m0/s1. The van der Waals surface area contributed by atoms with Gasteiger partial charge in [0.15, 0.2) is 0 Å². The second-order valence-electron chi connectivity index (χ2n) is 2.80. The first-order valence-electron chi connectivity index (χ1n) is 4.04. The summed E-state index contributed by atoms with van der Waals surface area (Å²) in [5.41, 5.74) is 6.59. The molecule has 0 radical (unpaired) electrons. The summed E-state index contributed by atoms with van der Waals surface area (Å²) in [6.07, 6.45) is 5.45. The Morgan fingerprint density at radius 2 is 2.08 bits per heavy atom. The Kier molecular flexibility index (Phi) is 3.24. The Labute approximate surface area is 77.8 Å². The van der Waals surface area contributed by atoms with E-state index in [1.807, 2.05) is 36.3 Å². The molecule has 0 spiro atoms. The molecule has 0 amide bonds. The van der Waals surface area contributed by atoms with Crippen molar-refractivity contribution in [3.63, 3.8) is 0 Å². The second-order valence-corrected chi connectivity index (χ2v) is 2.80. The van der Waals surface area contributed by atoms with Crippen molar-refractivity contribution < 1.29 is 4.79 Å². The molecule has 1 aromatic rings. The lowest BCUT2D eigenvalue weighted by atomic mass is 10.0. The third-order valence-corrected chi connectivity index (χ3v) is 1.78. The van der Waals surface area contributed by atoms with Gasteiger partial charge in [-0.1, -0.05) is 30.3 Å². The summed E-state index contributed by atoms with van der Waals surface area (Å²) in [5, 5.41) is 0. The predicted molar refractivity (Wildman–Crippen MR) is 52.0 cm³/mol. The Bertz CT molecular complexity index is 324. The average molecular weight is 173 g/mol. The van der Waals surface area contributed by atoms with Gasteiger partial charge in [-0.15, -0.1) is 6.42 Å². The lowest BCUT2D eigenvalue weighted by Gasteiger charge is -2.05. The van der Waals surface area contributed by atoms with Gasteiger partial charge in [-0.2, -0.15) is 0 Å². The Morgan fingerprint density at radius 1 is 1.46 bits per heavy atom. The number of hydrogen-bond donors (Lipinski definition) is 1. The summed E-state index contributed by atoms with van der Waals surface area (Å²) in [4.78, 5) is 11.0. The van der Waals surface area contributed by atoms with Crippen LogP contribution >= 0.6 is 0 Å². The van der Waals surface area contributed by atoms with Crippen molar-refractivity contribution in [2.75, 3.05) is 0 Å². The molecule has 0 unspecified atom stereocenters. The fourth-order valence-corrected chi connectivity index (χ4v) is 1.07. The van der Waals surface area contributed by atoms with Crippen LogP contribution in [0.1, 0.15) is 5.56 Å². The van der Waals surface area contributed by atoms with E-state index in [0.717, 1.165) is 5.56 Å². The van der Waals surface area contributed by atoms with E-state index in [1.165, 1.54) is 0 Å². The van der Waals surface area contributed by atoms with E-state index in [0.29, 0.717) is 6.42 Å². The maximum absolute atomic E-state index is 11.0. The first kappa shape index (κ1) is 9.50. The summed E-state index contributed by atoms with van der Waals surface area (Å²) >= 11 is 0. The molecule has 0 aromatic heterocycles. The molecule has 13 heavy (non-hydrogen) atoms. The van der Waals surface area contributed by atoms with E-state index in [-0.39, 0.29) is 5.78 Å². The van der Waals surface area contributed by atoms with Gasteiger partial charge in [0.05, 0.1) is 6.04 Å². The van der Waals surface area contributed by atoms with Crippen LogP contribution < -0.4 is 5.73 Å². The summed E-state index contributed by atoms with van der Waals surface area (Å²) in [6, 6.07) is 8.99. The van der Waals surface area contributed by atoms with Gasteiger partial charge in [-0.3, -0.25) is 4.79 Å². The smallest absolute Gasteiger partial charge is 0.222 e. The molecule has 2 heteroatoms. The molecule has 2 N–H and O–H groups in total. The van der Waals surface area contributed by atoms with Crippen molar-refractivity contribution in [3.05, 3.63) is 35.9 Å². The Morgan fingerprint density at radius 3 is 2.62 bits per heavy atom. The number of benzene rings is 1. The van der Waals surface area contributed by atoms with Crippen LogP contribution in [0.5, 0.6) is 0 Å². The molecule has 0 fully saturated rings. The van der Waals surface area contributed by atoms with Crippen LogP contribution in [-0.4, -0.2) is 11.8 Å². The van der Waals surface area contributed by atoms with Gasteiger partial charge in [-0.25, -0.2) is 0 Å². The minimum Gasteiger partial charge on any atom is -0.320 e. The molecular formula is C11H11NO. The molecule has 1 atom stereocenters. The number of carbonyl (C=O) groups is 1. The molecule has 0 bridgehead atoms. The topological polar surface area (TPSA) is 43.1 Å². The number of terminal acetylenes is 1. The van der Waals surface area contributed by atoms with E-state index < -0.39 is 6.04 Å². The summed E-state index contributed by atoms with van der Waals surface area (Å²) in [7, 11) is 0. The number of Topliss-reactive ketones (excluding diaryl/α,β-unsaturated/α-hetero) is 1. The van der Waals surface area contributed by atoms with Crippen molar-refractivity contribution in [1.29, 1.82) is 0 Å². The van der Waals surface area contributed by atoms with Crippen molar-refractivity contribution in [1.82, 2.24) is 0 Å². The normalized spacial score (nSPS) is 11.7. The lowest BCUT2D eigenvalue weighted by Crippen LogP contribution is -2.31. The van der Waals surface area contributed by atoms with Crippen molar-refractivity contribution in [2.45, 2.75) is 12.5 Å². The number of nitrogens with two attached hydrogens (primary N) is 1. The van der Waals surface area contributed by atoms with Gasteiger partial charge in [0, 0.05) is 0 Å². The molecule has 0 aliphatic rings. The number of hydrogen-bond acceptors (Lipinski definition) is 2. The van der Waals surface area contributed by atoms with E-state index in [4.69, 9.17) is 12.2 Å². The highest BCUT2D eigenvalue weighted by Gasteiger charge is 2.10. The minimum absolute atomic E-state index is 0.344. The zero-order valence-corrected chi connectivity index (χ0v) is 7.23. The first-order chi connectivity index (χ1) is 6.24. The molecule has 0 aliphatic carbocycles. The Hall–Kier alpha value is -1.59. The average Bonchev–Trinajstić information content (AvgIpc) is 2.18. The third kappa shape index (κ3) is 2.73. The SMILES string of the molecule is C#CC(=O)[C@@H](N)Cc1ccccc1. The van der Waals surface area contributed by atoms with Gasteiger partial charge in [-0.05, 0) is 17.9 Å². The maximum atomic E-state index is 11.0.